The summed E-state index contributed by atoms with van der Waals surface area (Å²) in [7, 11) is 1.58. The maximum Gasteiger partial charge on any atom is 0.416 e. The zero-order chi connectivity index (χ0) is 15.9. The fraction of sp³-hybridized carbons (Fsp3) is 0.500. The van der Waals surface area contributed by atoms with Crippen molar-refractivity contribution in [3.63, 3.8) is 0 Å². The Hall–Kier alpha value is -1.76. The van der Waals surface area contributed by atoms with Crippen molar-refractivity contribution < 1.29 is 22.7 Å². The summed E-state index contributed by atoms with van der Waals surface area (Å²) in [5.41, 5.74) is -0.257. The predicted molar refractivity (Wildman–Crippen MR) is 74.0 cm³/mol. The number of anilines is 1. The standard InChI is InChI=1S/C14H19F3N2O2/c1-10(13(20)18-8-3-9-21-2)19-12-6-4-11(5-7-12)14(15,16)17/h4-7,10,19H,3,8-9H2,1-2H3,(H,18,20). The molecule has 0 fully saturated rings. The number of hydrogen-bond donors (Lipinski definition) is 2. The van der Waals surface area contributed by atoms with E-state index in [1.54, 1.807) is 14.0 Å². The summed E-state index contributed by atoms with van der Waals surface area (Å²) in [6.45, 7) is 2.69. The van der Waals surface area contributed by atoms with E-state index in [1.165, 1.54) is 12.1 Å². The van der Waals surface area contributed by atoms with Gasteiger partial charge in [-0.2, -0.15) is 13.2 Å². The molecule has 0 aliphatic carbocycles. The van der Waals surface area contributed by atoms with Crippen LogP contribution in [0.5, 0.6) is 0 Å². The molecular formula is C14H19F3N2O2. The predicted octanol–water partition coefficient (Wildman–Crippen LogP) is 2.66. The van der Waals surface area contributed by atoms with Crippen LogP contribution in [0.3, 0.4) is 0 Å². The van der Waals surface area contributed by atoms with Gasteiger partial charge in [-0.15, -0.1) is 0 Å². The van der Waals surface area contributed by atoms with Gasteiger partial charge in [0.05, 0.1) is 5.56 Å². The molecule has 0 aromatic heterocycles. The lowest BCUT2D eigenvalue weighted by atomic mass is 10.2. The van der Waals surface area contributed by atoms with E-state index in [1.807, 2.05) is 0 Å². The molecule has 0 spiro atoms. The smallest absolute Gasteiger partial charge is 0.385 e. The number of amides is 1. The van der Waals surface area contributed by atoms with Crippen LogP contribution in [0.25, 0.3) is 0 Å². The zero-order valence-electron chi connectivity index (χ0n) is 12.0. The molecule has 1 unspecified atom stereocenters. The number of hydrogen-bond acceptors (Lipinski definition) is 3. The number of alkyl halides is 3. The van der Waals surface area contributed by atoms with E-state index >= 15 is 0 Å². The van der Waals surface area contributed by atoms with Gasteiger partial charge < -0.3 is 15.4 Å². The zero-order valence-corrected chi connectivity index (χ0v) is 12.0. The minimum Gasteiger partial charge on any atom is -0.385 e. The van der Waals surface area contributed by atoms with Crippen LogP contribution in [0.4, 0.5) is 18.9 Å². The van der Waals surface area contributed by atoms with Crippen LogP contribution in [0.1, 0.15) is 18.9 Å². The molecule has 0 saturated heterocycles. The highest BCUT2D eigenvalue weighted by molar-refractivity contribution is 5.84. The van der Waals surface area contributed by atoms with E-state index < -0.39 is 17.8 Å². The van der Waals surface area contributed by atoms with Crippen LogP contribution in [0.15, 0.2) is 24.3 Å². The first kappa shape index (κ1) is 17.3. The van der Waals surface area contributed by atoms with Crippen molar-refractivity contribution in [3.8, 4) is 0 Å². The summed E-state index contributed by atoms with van der Waals surface area (Å²) >= 11 is 0. The number of nitrogens with one attached hydrogen (secondary N) is 2. The number of carbonyl (C=O) groups is 1. The Morgan fingerprint density at radius 1 is 1.29 bits per heavy atom. The first-order chi connectivity index (χ1) is 9.84. The second-order valence-electron chi connectivity index (χ2n) is 4.58. The fourth-order valence-electron chi connectivity index (χ4n) is 1.65. The second-order valence-corrected chi connectivity index (χ2v) is 4.58. The van der Waals surface area contributed by atoms with Gasteiger partial charge in [0, 0.05) is 25.9 Å². The molecule has 1 aromatic carbocycles. The molecule has 21 heavy (non-hydrogen) atoms. The Morgan fingerprint density at radius 2 is 1.90 bits per heavy atom. The van der Waals surface area contributed by atoms with Gasteiger partial charge in [0.1, 0.15) is 6.04 Å². The van der Waals surface area contributed by atoms with Crippen molar-refractivity contribution in [2.75, 3.05) is 25.6 Å². The molecule has 0 radical (unpaired) electrons. The molecule has 1 amide bonds. The molecule has 0 aliphatic rings. The average Bonchev–Trinajstić information content (AvgIpc) is 2.43. The molecule has 2 N–H and O–H groups in total. The van der Waals surface area contributed by atoms with Crippen molar-refractivity contribution in [3.05, 3.63) is 29.8 Å². The topological polar surface area (TPSA) is 50.4 Å². The third-order valence-corrected chi connectivity index (χ3v) is 2.81. The normalized spacial score (nSPS) is 12.8. The number of halogens is 3. The minimum atomic E-state index is -4.36. The molecule has 1 rings (SSSR count). The van der Waals surface area contributed by atoms with Crippen molar-refractivity contribution in [1.29, 1.82) is 0 Å². The summed E-state index contributed by atoms with van der Waals surface area (Å²) in [6, 6.07) is 4.02. The fourth-order valence-corrected chi connectivity index (χ4v) is 1.65. The highest BCUT2D eigenvalue weighted by atomic mass is 19.4. The minimum absolute atomic E-state index is 0.217. The highest BCUT2D eigenvalue weighted by Crippen LogP contribution is 2.29. The number of ether oxygens (including phenoxy) is 1. The average molecular weight is 304 g/mol. The lowest BCUT2D eigenvalue weighted by Gasteiger charge is -2.16. The largest absolute Gasteiger partial charge is 0.416 e. The van der Waals surface area contributed by atoms with Crippen LogP contribution in [-0.4, -0.2) is 32.2 Å². The van der Waals surface area contributed by atoms with E-state index in [0.29, 0.717) is 25.3 Å². The van der Waals surface area contributed by atoms with Gasteiger partial charge in [-0.05, 0) is 37.6 Å². The molecule has 1 aromatic rings. The quantitative estimate of drug-likeness (QED) is 0.762. The highest BCUT2D eigenvalue weighted by Gasteiger charge is 2.30. The number of benzene rings is 1. The van der Waals surface area contributed by atoms with Crippen molar-refractivity contribution in [1.82, 2.24) is 5.32 Å². The lowest BCUT2D eigenvalue weighted by molar-refractivity contribution is -0.137. The maximum atomic E-state index is 12.4. The number of rotatable bonds is 7. The summed E-state index contributed by atoms with van der Waals surface area (Å²) in [4.78, 5) is 11.7. The Morgan fingerprint density at radius 3 is 2.43 bits per heavy atom. The summed E-state index contributed by atoms with van der Waals surface area (Å²) in [5.74, 6) is -0.217. The van der Waals surface area contributed by atoms with Crippen LogP contribution in [0, 0.1) is 0 Å². The summed E-state index contributed by atoms with van der Waals surface area (Å²) < 4.78 is 42.1. The molecule has 4 nitrogen and oxygen atoms in total. The van der Waals surface area contributed by atoms with E-state index in [2.05, 4.69) is 10.6 Å². The Bertz CT molecular complexity index is 447. The van der Waals surface area contributed by atoms with Crippen LogP contribution in [0.2, 0.25) is 0 Å². The van der Waals surface area contributed by atoms with Crippen LogP contribution >= 0.6 is 0 Å². The SMILES string of the molecule is COCCCNC(=O)C(C)Nc1ccc(C(F)(F)F)cc1. The van der Waals surface area contributed by atoms with Gasteiger partial charge >= 0.3 is 6.18 Å². The first-order valence-corrected chi connectivity index (χ1v) is 6.55. The number of methoxy groups -OCH3 is 1. The third kappa shape index (κ3) is 6.03. The Labute approximate surface area is 121 Å². The lowest BCUT2D eigenvalue weighted by Crippen LogP contribution is -2.38. The molecule has 0 bridgehead atoms. The summed E-state index contributed by atoms with van der Waals surface area (Å²) in [5, 5.41) is 5.56. The van der Waals surface area contributed by atoms with E-state index in [4.69, 9.17) is 4.74 Å². The molecule has 0 heterocycles. The van der Waals surface area contributed by atoms with Gasteiger partial charge in [0.2, 0.25) is 5.91 Å². The Balaban J connectivity index is 2.47. The molecule has 7 heteroatoms. The van der Waals surface area contributed by atoms with Gasteiger partial charge in [-0.3, -0.25) is 4.79 Å². The van der Waals surface area contributed by atoms with Crippen LogP contribution < -0.4 is 10.6 Å². The molecule has 0 saturated carbocycles. The molecule has 1 atom stereocenters. The molecular weight excluding hydrogens is 285 g/mol. The summed E-state index contributed by atoms with van der Waals surface area (Å²) in [6.07, 6.45) is -3.65. The van der Waals surface area contributed by atoms with E-state index in [0.717, 1.165) is 12.1 Å². The Kier molecular flexibility index (Phi) is 6.48. The van der Waals surface area contributed by atoms with Crippen molar-refractivity contribution in [2.24, 2.45) is 0 Å². The monoisotopic (exact) mass is 304 g/mol. The van der Waals surface area contributed by atoms with Crippen molar-refractivity contribution in [2.45, 2.75) is 25.6 Å². The molecule has 118 valence electrons. The van der Waals surface area contributed by atoms with E-state index in [9.17, 15) is 18.0 Å². The second kappa shape index (κ2) is 7.87. The van der Waals surface area contributed by atoms with Crippen molar-refractivity contribution >= 4 is 11.6 Å². The van der Waals surface area contributed by atoms with Crippen LogP contribution in [-0.2, 0) is 15.7 Å². The first-order valence-electron chi connectivity index (χ1n) is 6.55. The number of carbonyl (C=O) groups excluding carboxylic acids is 1. The maximum absolute atomic E-state index is 12.4. The van der Waals surface area contributed by atoms with Gasteiger partial charge in [0.15, 0.2) is 0 Å². The van der Waals surface area contributed by atoms with Gasteiger partial charge in [0.25, 0.3) is 0 Å². The van der Waals surface area contributed by atoms with Gasteiger partial charge in [-0.25, -0.2) is 0 Å². The van der Waals surface area contributed by atoms with Gasteiger partial charge in [-0.1, -0.05) is 0 Å². The van der Waals surface area contributed by atoms with E-state index in [-0.39, 0.29) is 5.91 Å². The molecule has 0 aliphatic heterocycles. The third-order valence-electron chi connectivity index (χ3n) is 2.81.